The van der Waals surface area contributed by atoms with Crippen LogP contribution in [0.25, 0.3) is 11.1 Å². The van der Waals surface area contributed by atoms with Gasteiger partial charge in [0.2, 0.25) is 5.95 Å². The van der Waals surface area contributed by atoms with Crippen molar-refractivity contribution in [2.24, 2.45) is 0 Å². The van der Waals surface area contributed by atoms with Gasteiger partial charge in [0.1, 0.15) is 18.2 Å². The summed E-state index contributed by atoms with van der Waals surface area (Å²) in [5, 5.41) is -0.873. The van der Waals surface area contributed by atoms with E-state index in [1.54, 1.807) is 24.3 Å². The van der Waals surface area contributed by atoms with Crippen molar-refractivity contribution in [3.63, 3.8) is 0 Å². The Kier molecular flexibility index (Phi) is 6.53. The summed E-state index contributed by atoms with van der Waals surface area (Å²) in [4.78, 5) is 25.5. The largest absolute Gasteiger partial charge is 0.416 e. The van der Waals surface area contributed by atoms with Gasteiger partial charge in [-0.15, -0.1) is 0 Å². The molecule has 1 aliphatic rings. The number of benzene rings is 2. The normalized spacial score (nSPS) is 15.8. The molecule has 17 heteroatoms. The lowest BCUT2D eigenvalue weighted by Gasteiger charge is -2.20. The molecule has 0 saturated carbocycles. The van der Waals surface area contributed by atoms with Gasteiger partial charge in [-0.3, -0.25) is 13.9 Å². The van der Waals surface area contributed by atoms with Crippen LogP contribution in [0.1, 0.15) is 22.7 Å². The zero-order chi connectivity index (χ0) is 29.9. The van der Waals surface area contributed by atoms with E-state index in [9.17, 15) is 44.1 Å². The molecule has 0 saturated heterocycles. The van der Waals surface area contributed by atoms with Crippen LogP contribution in [0.2, 0.25) is 0 Å². The number of nitrogens with zero attached hydrogens (tertiary/aromatic N) is 5. The number of carbonyl (C=O) groups is 1. The summed E-state index contributed by atoms with van der Waals surface area (Å²) in [5.41, 5.74) is 3.14. The Bertz CT molecular complexity index is 1740. The van der Waals surface area contributed by atoms with E-state index in [1.165, 1.54) is 12.5 Å². The summed E-state index contributed by atoms with van der Waals surface area (Å²) in [5.74, 6) is -1.48. The number of aromatic nitrogens is 4. The number of rotatable bonds is 5. The maximum Gasteiger partial charge on any atom is 0.416 e. The van der Waals surface area contributed by atoms with Gasteiger partial charge in [0, 0.05) is 18.2 Å². The van der Waals surface area contributed by atoms with Crippen LogP contribution in [0.3, 0.4) is 0 Å². The molecule has 10 nitrogen and oxygen atoms in total. The molecular weight excluding hydrogens is 582 g/mol. The van der Waals surface area contributed by atoms with Crippen molar-refractivity contribution < 1.29 is 44.1 Å². The van der Waals surface area contributed by atoms with Crippen LogP contribution in [0.5, 0.6) is 0 Å². The van der Waals surface area contributed by atoms with E-state index in [1.807, 2.05) is 0 Å². The predicted molar refractivity (Wildman–Crippen MR) is 130 cm³/mol. The van der Waals surface area contributed by atoms with E-state index >= 15 is 0 Å². The van der Waals surface area contributed by atoms with Gasteiger partial charge in [0.15, 0.2) is 5.03 Å². The van der Waals surface area contributed by atoms with E-state index in [-0.39, 0.29) is 18.3 Å². The number of alkyl halides is 6. The van der Waals surface area contributed by atoms with Crippen molar-refractivity contribution in [3.05, 3.63) is 77.9 Å². The van der Waals surface area contributed by atoms with Crippen LogP contribution in [-0.4, -0.2) is 38.4 Å². The lowest BCUT2D eigenvalue weighted by atomic mass is 10.0. The van der Waals surface area contributed by atoms with Gasteiger partial charge in [-0.1, -0.05) is 24.3 Å². The van der Waals surface area contributed by atoms with Crippen LogP contribution in [0.4, 0.5) is 43.8 Å². The first kappa shape index (κ1) is 28.0. The predicted octanol–water partition coefficient (Wildman–Crippen LogP) is 4.67. The quantitative estimate of drug-likeness (QED) is 0.249. The number of nitrogen functional groups attached to an aromatic ring is 1. The van der Waals surface area contributed by atoms with Gasteiger partial charge >= 0.3 is 22.5 Å². The second-order valence-electron chi connectivity index (χ2n) is 8.92. The molecule has 0 spiro atoms. The Morgan fingerprint density at radius 1 is 0.927 bits per heavy atom. The molecule has 3 N–H and O–H groups in total. The van der Waals surface area contributed by atoms with Crippen LogP contribution in [0, 0.1) is 0 Å². The Balaban J connectivity index is 1.60. The second kappa shape index (κ2) is 9.55. The highest BCUT2D eigenvalue weighted by molar-refractivity contribution is 7.85. The number of fused-ring (bicyclic) bond motifs is 1. The van der Waals surface area contributed by atoms with Gasteiger partial charge < -0.3 is 5.73 Å². The van der Waals surface area contributed by atoms with Gasteiger partial charge in [0.25, 0.3) is 5.91 Å². The second-order valence-corrected chi connectivity index (χ2v) is 10.3. The number of amides is 1. The average Bonchev–Trinajstić information content (AvgIpc) is 3.42. The van der Waals surface area contributed by atoms with Crippen LogP contribution in [-0.2, 0) is 33.7 Å². The molecule has 1 amide bonds. The minimum atomic E-state index is -5.21. The van der Waals surface area contributed by atoms with Crippen molar-refractivity contribution >= 4 is 33.5 Å². The highest BCUT2D eigenvalue weighted by Crippen LogP contribution is 2.44. The lowest BCUT2D eigenvalue weighted by Crippen LogP contribution is -2.27. The van der Waals surface area contributed by atoms with Gasteiger partial charge in [-0.2, -0.15) is 34.8 Å². The Hall–Kier alpha value is -4.51. The monoisotopic (exact) mass is 598 g/mol. The molecule has 1 unspecified atom stereocenters. The number of hydrogen-bond acceptors (Lipinski definition) is 7. The molecule has 1 atom stereocenters. The lowest BCUT2D eigenvalue weighted by molar-refractivity contribution is -0.143. The van der Waals surface area contributed by atoms with Crippen molar-refractivity contribution in [3.8, 4) is 11.1 Å². The summed E-state index contributed by atoms with van der Waals surface area (Å²) >= 11 is 0. The minimum absolute atomic E-state index is 0.107. The highest BCUT2D eigenvalue weighted by atomic mass is 32.2. The standard InChI is InChI=1S/C24H16F6N6O4S/c25-23(26,27)14-6-15(24(28,29)30)8-16(7-14)35-21(37)18(36-19(41(38,39)40)10-33-22(35)36)5-12-1-3-13(4-2-12)17-9-32-11-34-20(17)31/h1-4,6-11,18H,5H2,(H2,31,32,34)(H,38,39,40). The van der Waals surface area contributed by atoms with E-state index in [2.05, 4.69) is 15.0 Å². The molecule has 0 radical (unpaired) electrons. The first-order chi connectivity index (χ1) is 19.1. The third-order valence-electron chi connectivity index (χ3n) is 6.29. The van der Waals surface area contributed by atoms with Gasteiger partial charge in [0.05, 0.1) is 23.0 Å². The first-order valence-electron chi connectivity index (χ1n) is 11.4. The fourth-order valence-electron chi connectivity index (χ4n) is 4.44. The third-order valence-corrected chi connectivity index (χ3v) is 7.12. The molecule has 0 fully saturated rings. The SMILES string of the molecule is Nc1ncncc1-c1ccc(CC2C(=O)N(c3cc(C(F)(F)F)cc(C(F)(F)F)c3)c3ncc(S(=O)(=O)O)n32)cc1. The van der Waals surface area contributed by atoms with Gasteiger partial charge in [-0.25, -0.2) is 19.9 Å². The topological polar surface area (TPSA) is 144 Å². The summed E-state index contributed by atoms with van der Waals surface area (Å²) < 4.78 is 116. The number of carbonyl (C=O) groups excluding carboxylic acids is 1. The average molecular weight is 598 g/mol. The molecule has 2 aromatic heterocycles. The first-order valence-corrected chi connectivity index (χ1v) is 12.8. The number of halogens is 6. The molecule has 41 heavy (non-hydrogen) atoms. The van der Waals surface area contributed by atoms with Crippen LogP contribution >= 0.6 is 0 Å². The molecule has 4 aromatic rings. The molecular formula is C24H16F6N6O4S. The Labute approximate surface area is 226 Å². The molecule has 3 heterocycles. The maximum atomic E-state index is 13.6. The van der Waals surface area contributed by atoms with Crippen molar-refractivity contribution in [1.29, 1.82) is 0 Å². The molecule has 0 bridgehead atoms. The minimum Gasteiger partial charge on any atom is -0.383 e. The zero-order valence-electron chi connectivity index (χ0n) is 20.2. The van der Waals surface area contributed by atoms with E-state index in [0.29, 0.717) is 39.9 Å². The highest BCUT2D eigenvalue weighted by Gasteiger charge is 2.45. The van der Waals surface area contributed by atoms with E-state index in [0.717, 1.165) is 4.57 Å². The van der Waals surface area contributed by atoms with Crippen molar-refractivity contribution in [1.82, 2.24) is 19.5 Å². The van der Waals surface area contributed by atoms with Crippen LogP contribution < -0.4 is 10.6 Å². The molecule has 214 valence electrons. The number of nitrogens with two attached hydrogens (primary N) is 1. The summed E-state index contributed by atoms with van der Waals surface area (Å²) in [6.07, 6.45) is -7.31. The van der Waals surface area contributed by atoms with Crippen molar-refractivity contribution in [2.75, 3.05) is 10.6 Å². The maximum absolute atomic E-state index is 13.6. The smallest absolute Gasteiger partial charge is 0.383 e. The molecule has 5 rings (SSSR count). The number of imidazole rings is 1. The fourth-order valence-corrected chi connectivity index (χ4v) is 5.08. The number of hydrogen-bond donors (Lipinski definition) is 2. The van der Waals surface area contributed by atoms with Crippen LogP contribution in [0.15, 0.2) is 66.2 Å². The zero-order valence-corrected chi connectivity index (χ0v) is 21.0. The van der Waals surface area contributed by atoms with Gasteiger partial charge in [-0.05, 0) is 29.3 Å². The summed E-state index contributed by atoms with van der Waals surface area (Å²) in [6.45, 7) is 0. The molecule has 2 aromatic carbocycles. The third kappa shape index (κ3) is 5.20. The summed E-state index contributed by atoms with van der Waals surface area (Å²) in [7, 11) is -5.02. The number of anilines is 3. The van der Waals surface area contributed by atoms with E-state index in [4.69, 9.17) is 5.73 Å². The Morgan fingerprint density at radius 3 is 2.07 bits per heavy atom. The van der Waals surface area contributed by atoms with Crippen molar-refractivity contribution in [2.45, 2.75) is 29.8 Å². The summed E-state index contributed by atoms with van der Waals surface area (Å²) in [6, 6.07) is 5.32. The molecule has 1 aliphatic heterocycles. The molecule has 0 aliphatic carbocycles. The van der Waals surface area contributed by atoms with E-state index < -0.39 is 62.2 Å². The fraction of sp³-hybridized carbons (Fsp3) is 0.167. The Morgan fingerprint density at radius 2 is 1.54 bits per heavy atom.